The van der Waals surface area contributed by atoms with Crippen molar-refractivity contribution < 1.29 is 31.6 Å². The van der Waals surface area contributed by atoms with E-state index in [4.69, 9.17) is 0 Å². The molecule has 6 rings (SSSR count). The summed E-state index contributed by atoms with van der Waals surface area (Å²) in [6.45, 7) is 0. The largest absolute Gasteiger partial charge is 3.00 e. The Labute approximate surface area is 244 Å². The van der Waals surface area contributed by atoms with Crippen LogP contribution in [0.2, 0.25) is 0 Å². The van der Waals surface area contributed by atoms with Crippen LogP contribution in [0.4, 0.5) is 0 Å². The Morgan fingerprint density at radius 1 is 0.658 bits per heavy atom. The number of carboxylic acid groups (broad SMARTS) is 1. The second-order valence-electron chi connectivity index (χ2n) is 9.72. The molecule has 3 aliphatic rings. The van der Waals surface area contributed by atoms with Crippen LogP contribution in [0.5, 0.6) is 0 Å². The zero-order valence-corrected chi connectivity index (χ0v) is 24.3. The van der Waals surface area contributed by atoms with Gasteiger partial charge in [0.2, 0.25) is 0 Å². The van der Waals surface area contributed by atoms with Crippen LogP contribution in [-0.4, -0.2) is 11.1 Å². The van der Waals surface area contributed by atoms with E-state index in [0.29, 0.717) is 0 Å². The van der Waals surface area contributed by atoms with Gasteiger partial charge in [0.15, 0.2) is 0 Å². The molecule has 195 valence electrons. The second kappa shape index (κ2) is 14.4. The molecular formula is C35H39O2Ti. The van der Waals surface area contributed by atoms with Gasteiger partial charge in [0.05, 0.1) is 0 Å². The van der Waals surface area contributed by atoms with Crippen LogP contribution in [-0.2, 0) is 31.9 Å². The number of hydrogen-bond donors (Lipinski definition) is 1. The Balaban J connectivity index is 0.000000273. The molecule has 0 fully saturated rings. The molecule has 3 heteroatoms. The molecule has 0 atom stereocenters. The summed E-state index contributed by atoms with van der Waals surface area (Å²) < 4.78 is 0. The van der Waals surface area contributed by atoms with Gasteiger partial charge in [-0.25, -0.2) is 12.0 Å². The fourth-order valence-electron chi connectivity index (χ4n) is 6.05. The van der Waals surface area contributed by atoms with Gasteiger partial charge in [0.25, 0.3) is 0 Å². The van der Waals surface area contributed by atoms with Gasteiger partial charge < -0.3 is 20.0 Å². The van der Waals surface area contributed by atoms with Gasteiger partial charge in [-0.05, 0) is 42.4 Å². The maximum atomic E-state index is 12.4. The van der Waals surface area contributed by atoms with Crippen molar-refractivity contribution in [1.82, 2.24) is 0 Å². The Morgan fingerprint density at radius 3 is 1.58 bits per heavy atom. The molecule has 0 aliphatic heterocycles. The molecule has 1 N–H and O–H groups in total. The summed E-state index contributed by atoms with van der Waals surface area (Å²) in [6, 6.07) is 28.1. The van der Waals surface area contributed by atoms with Crippen molar-refractivity contribution in [2.75, 3.05) is 0 Å². The molecule has 1 radical (unpaired) electrons. The van der Waals surface area contributed by atoms with Gasteiger partial charge in [0, 0.05) is 0 Å². The fraction of sp³-hybridized carbons (Fsp3) is 0.257. The van der Waals surface area contributed by atoms with Crippen LogP contribution in [0.3, 0.4) is 0 Å². The number of aliphatic carboxylic acids is 1. The zero-order chi connectivity index (χ0) is 24.1. The van der Waals surface area contributed by atoms with Crippen molar-refractivity contribution in [2.45, 2.75) is 56.8 Å². The number of rotatable bonds is 4. The van der Waals surface area contributed by atoms with E-state index in [1.165, 1.54) is 51.4 Å². The standard InChI is InChI=1S/C20H16O2.C13H17.2CH3.Ti/c21-19(22)20(16-10-4-1-5-11-16,17-12-6-2-7-13-17)18-14-8-3-9-15-18;1-3-7-12-10(5-1)9-11-6-2-4-8-13(11)12;;;/h1-15H,(H,21,22);5H,1-4,6-9H2;2*1H3;/q;3*-1;+3. The minimum absolute atomic E-state index is 0. The van der Waals surface area contributed by atoms with E-state index in [2.05, 4.69) is 6.42 Å². The number of benzene rings is 3. The number of allylic oxidation sites excluding steroid dienone is 4. The first-order chi connectivity index (χ1) is 17.2. The van der Waals surface area contributed by atoms with E-state index in [1.807, 2.05) is 91.0 Å². The number of carboxylic acids is 1. The molecule has 0 heterocycles. The SMILES string of the molecule is O=C(O)C(c1ccccc1)(c1ccccc1)c1ccccc1.[CH-]1CCCC2=C1CC1=C2CCCC1.[CH3-].[CH3-].[Ti+3]. The molecule has 3 aromatic rings. The van der Waals surface area contributed by atoms with Crippen LogP contribution in [0.1, 0.15) is 68.1 Å². The maximum absolute atomic E-state index is 12.4. The predicted octanol–water partition coefficient (Wildman–Crippen LogP) is 8.95. The van der Waals surface area contributed by atoms with Gasteiger partial charge in [-0.3, -0.25) is 4.79 Å². The van der Waals surface area contributed by atoms with Gasteiger partial charge >= 0.3 is 27.7 Å². The summed E-state index contributed by atoms with van der Waals surface area (Å²) in [5.74, 6) is -0.879. The summed E-state index contributed by atoms with van der Waals surface area (Å²) in [4.78, 5) is 12.4. The third kappa shape index (κ3) is 6.08. The van der Waals surface area contributed by atoms with Crippen molar-refractivity contribution in [2.24, 2.45) is 0 Å². The molecule has 0 aromatic heterocycles. The van der Waals surface area contributed by atoms with Crippen LogP contribution in [0, 0.1) is 21.3 Å². The summed E-state index contributed by atoms with van der Waals surface area (Å²) in [6.07, 6.45) is 13.6. The number of fused-ring (bicyclic) bond motifs is 1. The molecule has 0 saturated heterocycles. The molecule has 38 heavy (non-hydrogen) atoms. The number of hydrogen-bond acceptors (Lipinski definition) is 1. The summed E-state index contributed by atoms with van der Waals surface area (Å²) >= 11 is 0. The van der Waals surface area contributed by atoms with E-state index in [9.17, 15) is 9.90 Å². The van der Waals surface area contributed by atoms with E-state index in [1.54, 1.807) is 22.3 Å². The van der Waals surface area contributed by atoms with Gasteiger partial charge in [0.1, 0.15) is 5.41 Å². The molecule has 0 saturated carbocycles. The number of carbonyl (C=O) groups is 1. The van der Waals surface area contributed by atoms with Gasteiger partial charge in [-0.15, -0.1) is 12.0 Å². The molecular weight excluding hydrogens is 500 g/mol. The second-order valence-corrected chi connectivity index (χ2v) is 9.72. The zero-order valence-electron chi connectivity index (χ0n) is 22.7. The predicted molar refractivity (Wildman–Crippen MR) is 155 cm³/mol. The Kier molecular flexibility index (Phi) is 11.9. The Morgan fingerprint density at radius 2 is 1.11 bits per heavy atom. The average molecular weight is 540 g/mol. The van der Waals surface area contributed by atoms with Crippen molar-refractivity contribution in [1.29, 1.82) is 0 Å². The maximum Gasteiger partial charge on any atom is 3.00 e. The molecule has 3 aromatic carbocycles. The minimum Gasteiger partial charge on any atom is -0.480 e. The third-order valence-corrected chi connectivity index (χ3v) is 7.70. The van der Waals surface area contributed by atoms with Crippen molar-refractivity contribution in [3.8, 4) is 0 Å². The molecule has 2 nitrogen and oxygen atoms in total. The molecule has 0 unspecified atom stereocenters. The molecule has 0 amide bonds. The topological polar surface area (TPSA) is 37.3 Å². The van der Waals surface area contributed by atoms with E-state index < -0.39 is 11.4 Å². The molecule has 0 spiro atoms. The van der Waals surface area contributed by atoms with Crippen LogP contribution < -0.4 is 0 Å². The first-order valence-electron chi connectivity index (χ1n) is 12.9. The quantitative estimate of drug-likeness (QED) is 0.204. The normalized spacial score (nSPS) is 15.7. The Hall–Kier alpha value is -2.81. The van der Waals surface area contributed by atoms with Crippen molar-refractivity contribution in [3.63, 3.8) is 0 Å². The fourth-order valence-corrected chi connectivity index (χ4v) is 6.05. The Bertz CT molecular complexity index is 1100. The van der Waals surface area contributed by atoms with E-state index >= 15 is 0 Å². The van der Waals surface area contributed by atoms with Crippen LogP contribution in [0.15, 0.2) is 113 Å². The van der Waals surface area contributed by atoms with Gasteiger partial charge in [-0.1, -0.05) is 116 Å². The van der Waals surface area contributed by atoms with E-state index in [0.717, 1.165) is 16.7 Å². The summed E-state index contributed by atoms with van der Waals surface area (Å²) in [7, 11) is 0. The average Bonchev–Trinajstić information content (AvgIpc) is 3.30. The first kappa shape index (κ1) is 31.4. The minimum atomic E-state index is -1.20. The van der Waals surface area contributed by atoms with Crippen LogP contribution in [0.25, 0.3) is 0 Å². The first-order valence-corrected chi connectivity index (χ1v) is 12.9. The smallest absolute Gasteiger partial charge is 0.480 e. The monoisotopic (exact) mass is 539 g/mol. The van der Waals surface area contributed by atoms with Crippen molar-refractivity contribution in [3.05, 3.63) is 151 Å². The summed E-state index contributed by atoms with van der Waals surface area (Å²) in [5.41, 5.74) is 8.11. The molecule has 3 aliphatic carbocycles. The van der Waals surface area contributed by atoms with Gasteiger partial charge in [-0.2, -0.15) is 5.57 Å². The van der Waals surface area contributed by atoms with E-state index in [-0.39, 0.29) is 36.6 Å². The third-order valence-electron chi connectivity index (χ3n) is 7.70. The van der Waals surface area contributed by atoms with Crippen LogP contribution >= 0.6 is 0 Å². The molecule has 0 bridgehead atoms. The summed E-state index contributed by atoms with van der Waals surface area (Å²) in [5, 5.41) is 10.2. The van der Waals surface area contributed by atoms with Crippen molar-refractivity contribution >= 4 is 5.97 Å².